The zero-order chi connectivity index (χ0) is 12.3. The molecule has 1 saturated heterocycles. The number of Topliss-reactive ketones (excluding diaryl/α,β-unsaturated/α-hetero) is 1. The van der Waals surface area contributed by atoms with Crippen molar-refractivity contribution < 1.29 is 9.18 Å². The van der Waals surface area contributed by atoms with Crippen molar-refractivity contribution in [2.24, 2.45) is 0 Å². The molecule has 1 heterocycles. The van der Waals surface area contributed by atoms with E-state index in [1.807, 2.05) is 0 Å². The molecule has 1 aromatic carbocycles. The van der Waals surface area contributed by atoms with E-state index >= 15 is 0 Å². The monoisotopic (exact) mass is 255 g/mol. The Morgan fingerprint density at radius 1 is 1.47 bits per heavy atom. The van der Waals surface area contributed by atoms with Gasteiger partial charge in [-0.25, -0.2) is 4.39 Å². The predicted molar refractivity (Wildman–Crippen MR) is 65.8 cm³/mol. The summed E-state index contributed by atoms with van der Waals surface area (Å²) in [5.74, 6) is -0.427. The lowest BCUT2D eigenvalue weighted by molar-refractivity contribution is -0.121. The van der Waals surface area contributed by atoms with Crippen LogP contribution in [0.15, 0.2) is 18.2 Å². The molecule has 4 heteroatoms. The zero-order valence-corrected chi connectivity index (χ0v) is 10.3. The molecule has 1 fully saturated rings. The third-order valence-corrected chi connectivity index (χ3v) is 3.39. The molecule has 0 radical (unpaired) electrons. The van der Waals surface area contributed by atoms with Crippen LogP contribution in [0.3, 0.4) is 0 Å². The molecule has 92 valence electrons. The molecule has 17 heavy (non-hydrogen) atoms. The Balaban J connectivity index is 2.04. The lowest BCUT2D eigenvalue weighted by atomic mass is 9.96. The topological polar surface area (TPSA) is 29.1 Å². The van der Waals surface area contributed by atoms with E-state index < -0.39 is 5.82 Å². The van der Waals surface area contributed by atoms with Crippen molar-refractivity contribution in [1.82, 2.24) is 5.32 Å². The van der Waals surface area contributed by atoms with Gasteiger partial charge >= 0.3 is 0 Å². The second-order valence-corrected chi connectivity index (χ2v) is 4.77. The molecule has 1 N–H and O–H groups in total. The van der Waals surface area contributed by atoms with E-state index in [1.54, 1.807) is 12.1 Å². The van der Waals surface area contributed by atoms with E-state index in [0.717, 1.165) is 25.8 Å². The number of piperidine rings is 1. The van der Waals surface area contributed by atoms with Gasteiger partial charge in [0.1, 0.15) is 5.82 Å². The Hall–Kier alpha value is -0.930. The number of carbonyl (C=O) groups is 1. The van der Waals surface area contributed by atoms with Crippen molar-refractivity contribution in [2.45, 2.75) is 31.7 Å². The molecule has 1 aliphatic heterocycles. The first-order valence-corrected chi connectivity index (χ1v) is 6.25. The highest BCUT2D eigenvalue weighted by Crippen LogP contribution is 2.19. The van der Waals surface area contributed by atoms with Crippen LogP contribution in [0.5, 0.6) is 0 Å². The van der Waals surface area contributed by atoms with Crippen LogP contribution >= 0.6 is 11.6 Å². The molecule has 1 unspecified atom stereocenters. The summed E-state index contributed by atoms with van der Waals surface area (Å²) in [5.41, 5.74) is 0.384. The summed E-state index contributed by atoms with van der Waals surface area (Å²) in [5, 5.41) is 3.24. The molecule has 0 amide bonds. The summed E-state index contributed by atoms with van der Waals surface area (Å²) in [6.07, 6.45) is 3.13. The summed E-state index contributed by atoms with van der Waals surface area (Å²) in [7, 11) is 0. The highest BCUT2D eigenvalue weighted by Gasteiger charge is 2.21. The second kappa shape index (κ2) is 5.61. The van der Waals surface area contributed by atoms with Crippen molar-refractivity contribution in [3.8, 4) is 0 Å². The first-order valence-electron chi connectivity index (χ1n) is 5.87. The fourth-order valence-electron chi connectivity index (χ4n) is 2.12. The number of hydrogen-bond acceptors (Lipinski definition) is 2. The third kappa shape index (κ3) is 3.05. The standard InChI is InChI=1S/C13H15ClFNO/c14-10-5-3-4-9(13(10)15)8-12(17)11-6-1-2-7-16-11/h3-5,11,16H,1-2,6-8H2. The number of hydrogen-bond donors (Lipinski definition) is 1. The van der Waals surface area contributed by atoms with Crippen LogP contribution in [-0.2, 0) is 11.2 Å². The minimum absolute atomic E-state index is 0.0471. The average Bonchev–Trinajstić information content (AvgIpc) is 2.36. The van der Waals surface area contributed by atoms with Gasteiger partial charge in [-0.15, -0.1) is 0 Å². The maximum absolute atomic E-state index is 13.6. The van der Waals surface area contributed by atoms with Gasteiger partial charge in [0.25, 0.3) is 0 Å². The van der Waals surface area contributed by atoms with E-state index in [0.29, 0.717) is 5.56 Å². The van der Waals surface area contributed by atoms with Gasteiger partial charge in [-0.2, -0.15) is 0 Å². The molecule has 1 aromatic rings. The largest absolute Gasteiger partial charge is 0.307 e. The number of benzene rings is 1. The van der Waals surface area contributed by atoms with Crippen LogP contribution in [0.2, 0.25) is 5.02 Å². The van der Waals surface area contributed by atoms with Crippen LogP contribution in [0.1, 0.15) is 24.8 Å². The van der Waals surface area contributed by atoms with Crippen molar-refractivity contribution in [2.75, 3.05) is 6.54 Å². The Bertz CT molecular complexity index is 416. The molecule has 0 spiro atoms. The van der Waals surface area contributed by atoms with E-state index in [2.05, 4.69) is 5.32 Å². The molecule has 2 rings (SSSR count). The summed E-state index contributed by atoms with van der Waals surface area (Å²) in [6, 6.07) is 4.65. The van der Waals surface area contributed by atoms with Crippen molar-refractivity contribution >= 4 is 17.4 Å². The number of carbonyl (C=O) groups excluding carboxylic acids is 1. The van der Waals surface area contributed by atoms with Crippen LogP contribution < -0.4 is 5.32 Å². The molecule has 0 saturated carbocycles. The van der Waals surface area contributed by atoms with Crippen molar-refractivity contribution in [3.63, 3.8) is 0 Å². The van der Waals surface area contributed by atoms with Gasteiger partial charge in [0, 0.05) is 6.42 Å². The molecule has 0 aromatic heterocycles. The van der Waals surface area contributed by atoms with Crippen LogP contribution in [0, 0.1) is 5.82 Å². The van der Waals surface area contributed by atoms with Crippen LogP contribution in [0.25, 0.3) is 0 Å². The number of nitrogens with one attached hydrogen (secondary N) is 1. The highest BCUT2D eigenvalue weighted by molar-refractivity contribution is 6.30. The highest BCUT2D eigenvalue weighted by atomic mass is 35.5. The Morgan fingerprint density at radius 2 is 2.29 bits per heavy atom. The average molecular weight is 256 g/mol. The van der Waals surface area contributed by atoms with Gasteiger partial charge in [0.05, 0.1) is 11.1 Å². The molecule has 2 nitrogen and oxygen atoms in total. The Labute approximate surface area is 105 Å². The number of rotatable bonds is 3. The van der Waals surface area contributed by atoms with Gasteiger partial charge in [0.2, 0.25) is 0 Å². The smallest absolute Gasteiger partial charge is 0.154 e. The minimum Gasteiger partial charge on any atom is -0.307 e. The summed E-state index contributed by atoms with van der Waals surface area (Å²) >= 11 is 5.68. The lowest BCUT2D eigenvalue weighted by Crippen LogP contribution is -2.41. The van der Waals surface area contributed by atoms with Crippen LogP contribution in [-0.4, -0.2) is 18.4 Å². The number of halogens is 2. The molecule has 1 atom stereocenters. The van der Waals surface area contributed by atoms with Gasteiger partial charge in [0.15, 0.2) is 5.78 Å². The quantitative estimate of drug-likeness (QED) is 0.900. The van der Waals surface area contributed by atoms with E-state index in [-0.39, 0.29) is 23.3 Å². The van der Waals surface area contributed by atoms with Gasteiger partial charge in [-0.05, 0) is 31.0 Å². The summed E-state index contributed by atoms with van der Waals surface area (Å²) < 4.78 is 13.6. The summed E-state index contributed by atoms with van der Waals surface area (Å²) in [6.45, 7) is 0.869. The fourth-order valence-corrected chi connectivity index (χ4v) is 2.32. The normalized spacial score (nSPS) is 20.2. The van der Waals surface area contributed by atoms with E-state index in [1.165, 1.54) is 6.07 Å². The Kier molecular flexibility index (Phi) is 4.13. The first-order chi connectivity index (χ1) is 8.18. The maximum atomic E-state index is 13.6. The molecule has 0 aliphatic carbocycles. The van der Waals surface area contributed by atoms with Crippen LogP contribution in [0.4, 0.5) is 4.39 Å². The molecular formula is C13H15ClFNO. The maximum Gasteiger partial charge on any atom is 0.154 e. The molecule has 1 aliphatic rings. The first kappa shape index (κ1) is 12.5. The van der Waals surface area contributed by atoms with Gasteiger partial charge in [-0.3, -0.25) is 4.79 Å². The SMILES string of the molecule is O=C(Cc1cccc(Cl)c1F)C1CCCCN1. The van der Waals surface area contributed by atoms with Gasteiger partial charge < -0.3 is 5.32 Å². The fraction of sp³-hybridized carbons (Fsp3) is 0.462. The second-order valence-electron chi connectivity index (χ2n) is 4.36. The molecule has 0 bridgehead atoms. The summed E-state index contributed by atoms with van der Waals surface area (Å²) in [4.78, 5) is 12.0. The minimum atomic E-state index is -0.474. The molecular weight excluding hydrogens is 241 g/mol. The predicted octanol–water partition coefficient (Wildman–Crippen LogP) is 2.73. The number of ketones is 1. The van der Waals surface area contributed by atoms with Crippen molar-refractivity contribution in [1.29, 1.82) is 0 Å². The lowest BCUT2D eigenvalue weighted by Gasteiger charge is -2.22. The third-order valence-electron chi connectivity index (χ3n) is 3.10. The van der Waals surface area contributed by atoms with E-state index in [4.69, 9.17) is 11.6 Å². The van der Waals surface area contributed by atoms with E-state index in [9.17, 15) is 9.18 Å². The Morgan fingerprint density at radius 3 is 3.00 bits per heavy atom. The zero-order valence-electron chi connectivity index (χ0n) is 9.51. The van der Waals surface area contributed by atoms with Gasteiger partial charge in [-0.1, -0.05) is 30.2 Å². The van der Waals surface area contributed by atoms with Crippen molar-refractivity contribution in [3.05, 3.63) is 34.6 Å².